The minimum atomic E-state index is -0.868. The van der Waals surface area contributed by atoms with Crippen molar-refractivity contribution < 1.29 is 19.4 Å². The van der Waals surface area contributed by atoms with Crippen molar-refractivity contribution in [1.29, 1.82) is 0 Å². The van der Waals surface area contributed by atoms with Gasteiger partial charge in [-0.2, -0.15) is 0 Å². The zero-order valence-corrected chi connectivity index (χ0v) is 9.40. The molecular formula is C12H14FNO3. The topological polar surface area (TPSA) is 69.6 Å². The number of aliphatic carboxylic acids is 1. The summed E-state index contributed by atoms with van der Waals surface area (Å²) < 4.78 is 13.3. The summed E-state index contributed by atoms with van der Waals surface area (Å²) in [5.74, 6) is -1.73. The van der Waals surface area contributed by atoms with E-state index < -0.39 is 17.7 Å². The first-order valence-electron chi connectivity index (χ1n) is 5.44. The molecule has 0 aliphatic carbocycles. The zero-order chi connectivity index (χ0) is 12.6. The molecule has 0 radical (unpaired) electrons. The van der Waals surface area contributed by atoms with Gasteiger partial charge in [0.15, 0.2) is 0 Å². The standard InChI is InChI=1S/C12H14FNO3/c1-6-2-8(13)4-9(11(6)15)10-3-7(5-14-10)12(16)17/h2,4,7,10,14-15H,3,5H2,1H3,(H,16,17). The van der Waals surface area contributed by atoms with E-state index in [0.717, 1.165) is 0 Å². The fourth-order valence-electron chi connectivity index (χ4n) is 2.19. The van der Waals surface area contributed by atoms with E-state index in [4.69, 9.17) is 5.11 Å². The van der Waals surface area contributed by atoms with Crippen LogP contribution in [0.25, 0.3) is 0 Å². The van der Waals surface area contributed by atoms with Crippen LogP contribution in [0.2, 0.25) is 0 Å². The summed E-state index contributed by atoms with van der Waals surface area (Å²) in [7, 11) is 0. The first kappa shape index (κ1) is 11.9. The average molecular weight is 239 g/mol. The van der Waals surface area contributed by atoms with Crippen LogP contribution in [0.4, 0.5) is 4.39 Å². The van der Waals surface area contributed by atoms with Gasteiger partial charge in [-0.05, 0) is 31.0 Å². The summed E-state index contributed by atoms with van der Waals surface area (Å²) in [4.78, 5) is 10.8. The number of phenols is 1. The van der Waals surface area contributed by atoms with Crippen molar-refractivity contribution in [2.45, 2.75) is 19.4 Å². The Labute approximate surface area is 98.1 Å². The third-order valence-corrected chi connectivity index (χ3v) is 3.15. The quantitative estimate of drug-likeness (QED) is 0.732. The Kier molecular flexibility index (Phi) is 3.02. The molecule has 1 fully saturated rings. The Morgan fingerprint density at radius 1 is 1.53 bits per heavy atom. The number of nitrogens with one attached hydrogen (secondary N) is 1. The van der Waals surface area contributed by atoms with Crippen LogP contribution >= 0.6 is 0 Å². The Hall–Kier alpha value is -1.62. The molecule has 0 aromatic heterocycles. The molecule has 2 rings (SSSR count). The predicted molar refractivity (Wildman–Crippen MR) is 59.3 cm³/mol. The van der Waals surface area contributed by atoms with E-state index in [-0.39, 0.29) is 11.8 Å². The Bertz CT molecular complexity index is 461. The van der Waals surface area contributed by atoms with Crippen LogP contribution in [0.3, 0.4) is 0 Å². The highest BCUT2D eigenvalue weighted by Crippen LogP contribution is 2.35. The predicted octanol–water partition coefficient (Wildman–Crippen LogP) is 1.57. The van der Waals surface area contributed by atoms with Crippen molar-refractivity contribution in [3.63, 3.8) is 0 Å². The molecular weight excluding hydrogens is 225 g/mol. The van der Waals surface area contributed by atoms with Crippen LogP contribution in [0, 0.1) is 18.7 Å². The van der Waals surface area contributed by atoms with Gasteiger partial charge in [0.05, 0.1) is 5.92 Å². The van der Waals surface area contributed by atoms with E-state index in [9.17, 15) is 14.3 Å². The largest absolute Gasteiger partial charge is 0.507 e. The molecule has 4 nitrogen and oxygen atoms in total. The molecule has 17 heavy (non-hydrogen) atoms. The second-order valence-corrected chi connectivity index (χ2v) is 4.39. The van der Waals surface area contributed by atoms with Gasteiger partial charge in [-0.1, -0.05) is 0 Å². The monoisotopic (exact) mass is 239 g/mol. The minimum absolute atomic E-state index is 0.0370. The number of aryl methyl sites for hydroxylation is 1. The molecule has 0 saturated carbocycles. The third-order valence-electron chi connectivity index (χ3n) is 3.15. The zero-order valence-electron chi connectivity index (χ0n) is 9.40. The van der Waals surface area contributed by atoms with Gasteiger partial charge in [-0.25, -0.2) is 4.39 Å². The smallest absolute Gasteiger partial charge is 0.307 e. The molecule has 1 aromatic rings. The van der Waals surface area contributed by atoms with Crippen molar-refractivity contribution in [3.05, 3.63) is 29.1 Å². The lowest BCUT2D eigenvalue weighted by molar-refractivity contribution is -0.141. The van der Waals surface area contributed by atoms with Crippen LogP contribution in [0.1, 0.15) is 23.6 Å². The number of halogens is 1. The molecule has 1 aromatic carbocycles. The van der Waals surface area contributed by atoms with Gasteiger partial charge < -0.3 is 15.5 Å². The van der Waals surface area contributed by atoms with Crippen LogP contribution in [0.5, 0.6) is 5.75 Å². The fourth-order valence-corrected chi connectivity index (χ4v) is 2.19. The highest BCUT2D eigenvalue weighted by molar-refractivity contribution is 5.71. The maximum Gasteiger partial charge on any atom is 0.307 e. The van der Waals surface area contributed by atoms with Crippen molar-refractivity contribution in [2.75, 3.05) is 6.54 Å². The average Bonchev–Trinajstić information content (AvgIpc) is 2.72. The van der Waals surface area contributed by atoms with Crippen LogP contribution in [-0.2, 0) is 4.79 Å². The number of benzene rings is 1. The van der Waals surface area contributed by atoms with Gasteiger partial charge in [0.2, 0.25) is 0 Å². The highest BCUT2D eigenvalue weighted by Gasteiger charge is 2.31. The maximum absolute atomic E-state index is 13.3. The van der Waals surface area contributed by atoms with Gasteiger partial charge in [0.1, 0.15) is 11.6 Å². The van der Waals surface area contributed by atoms with Gasteiger partial charge in [0, 0.05) is 18.2 Å². The van der Waals surface area contributed by atoms with E-state index in [1.54, 1.807) is 6.92 Å². The molecule has 0 spiro atoms. The third kappa shape index (κ3) is 2.24. The summed E-state index contributed by atoms with van der Waals surface area (Å²) in [6.45, 7) is 1.96. The fraction of sp³-hybridized carbons (Fsp3) is 0.417. The number of rotatable bonds is 2. The molecule has 2 unspecified atom stereocenters. The van der Waals surface area contributed by atoms with Gasteiger partial charge in [0.25, 0.3) is 0 Å². The summed E-state index contributed by atoms with van der Waals surface area (Å²) >= 11 is 0. The lowest BCUT2D eigenvalue weighted by Gasteiger charge is -2.14. The Morgan fingerprint density at radius 3 is 2.82 bits per heavy atom. The van der Waals surface area contributed by atoms with Gasteiger partial charge in [-0.15, -0.1) is 0 Å². The number of hydrogen-bond acceptors (Lipinski definition) is 3. The Morgan fingerprint density at radius 2 is 2.24 bits per heavy atom. The van der Waals surface area contributed by atoms with Crippen LogP contribution in [-0.4, -0.2) is 22.7 Å². The molecule has 1 aliphatic heterocycles. The van der Waals surface area contributed by atoms with E-state index in [1.165, 1.54) is 12.1 Å². The lowest BCUT2D eigenvalue weighted by Crippen LogP contribution is -2.17. The molecule has 0 bridgehead atoms. The molecule has 3 N–H and O–H groups in total. The normalized spacial score (nSPS) is 23.9. The summed E-state index contributed by atoms with van der Waals surface area (Å²) in [6.07, 6.45) is 0.367. The number of carboxylic acids is 1. The minimum Gasteiger partial charge on any atom is -0.507 e. The maximum atomic E-state index is 13.3. The molecule has 1 aliphatic rings. The molecule has 5 heteroatoms. The van der Waals surface area contributed by atoms with Crippen molar-refractivity contribution >= 4 is 5.97 Å². The summed E-state index contributed by atoms with van der Waals surface area (Å²) in [5, 5.41) is 21.7. The molecule has 92 valence electrons. The number of carboxylic acid groups (broad SMARTS) is 1. The molecule has 1 heterocycles. The summed E-state index contributed by atoms with van der Waals surface area (Å²) in [6, 6.07) is 2.21. The number of carbonyl (C=O) groups is 1. The van der Waals surface area contributed by atoms with Crippen LogP contribution in [0.15, 0.2) is 12.1 Å². The number of hydrogen-bond donors (Lipinski definition) is 3. The summed E-state index contributed by atoms with van der Waals surface area (Å²) in [5.41, 5.74) is 0.895. The van der Waals surface area contributed by atoms with Crippen LogP contribution < -0.4 is 5.32 Å². The highest BCUT2D eigenvalue weighted by atomic mass is 19.1. The van der Waals surface area contributed by atoms with Gasteiger partial charge >= 0.3 is 5.97 Å². The second-order valence-electron chi connectivity index (χ2n) is 4.39. The van der Waals surface area contributed by atoms with E-state index in [1.807, 2.05) is 0 Å². The number of aromatic hydroxyl groups is 1. The van der Waals surface area contributed by atoms with Crippen molar-refractivity contribution in [2.24, 2.45) is 5.92 Å². The molecule has 0 amide bonds. The SMILES string of the molecule is Cc1cc(F)cc(C2CC(C(=O)O)CN2)c1O. The van der Waals surface area contributed by atoms with Crippen molar-refractivity contribution in [3.8, 4) is 5.75 Å². The Balaban J connectivity index is 2.27. The van der Waals surface area contributed by atoms with E-state index >= 15 is 0 Å². The van der Waals surface area contributed by atoms with E-state index in [0.29, 0.717) is 24.1 Å². The van der Waals surface area contributed by atoms with Gasteiger partial charge in [-0.3, -0.25) is 4.79 Å². The van der Waals surface area contributed by atoms with E-state index in [2.05, 4.69) is 5.32 Å². The first-order valence-corrected chi connectivity index (χ1v) is 5.44. The molecule has 1 saturated heterocycles. The molecule has 2 atom stereocenters. The van der Waals surface area contributed by atoms with Crippen molar-refractivity contribution in [1.82, 2.24) is 5.32 Å². The number of phenolic OH excluding ortho intramolecular Hbond substituents is 1. The lowest BCUT2D eigenvalue weighted by atomic mass is 9.97. The second kappa shape index (κ2) is 4.33. The first-order chi connectivity index (χ1) is 7.99.